The molecule has 3 aromatic heterocycles. The quantitative estimate of drug-likeness (QED) is 0.404. The number of hydrogen-bond acceptors (Lipinski definition) is 6. The summed E-state index contributed by atoms with van der Waals surface area (Å²) in [4.78, 5) is 40.6. The molecule has 11 heteroatoms. The Labute approximate surface area is 196 Å². The van der Waals surface area contributed by atoms with Crippen molar-refractivity contribution in [1.82, 2.24) is 29.4 Å². The fourth-order valence-corrected chi connectivity index (χ4v) is 3.65. The zero-order chi connectivity index (χ0) is 23.7. The summed E-state index contributed by atoms with van der Waals surface area (Å²) >= 11 is 6.16. The average molecular weight is 474 g/mol. The number of aromatic nitrogens is 6. The zero-order valence-electron chi connectivity index (χ0n) is 17.5. The normalized spacial score (nSPS) is 11.0. The summed E-state index contributed by atoms with van der Waals surface area (Å²) in [6.07, 6.45) is 2.60. The largest absolute Gasteiger partial charge is 0.328 e. The number of carbonyl (C=O) groups excluding carboxylic acids is 1. The number of benzene rings is 2. The van der Waals surface area contributed by atoms with E-state index in [9.17, 15) is 14.4 Å². The summed E-state index contributed by atoms with van der Waals surface area (Å²) in [7, 11) is 0. The fourth-order valence-electron chi connectivity index (χ4n) is 3.45. The highest BCUT2D eigenvalue weighted by Gasteiger charge is 2.16. The van der Waals surface area contributed by atoms with Gasteiger partial charge in [0.25, 0.3) is 11.5 Å². The first-order valence-electron chi connectivity index (χ1n) is 10.1. The predicted octanol–water partition coefficient (Wildman–Crippen LogP) is 2.60. The molecular formula is C23H16ClN7O3. The Balaban J connectivity index is 1.42. The van der Waals surface area contributed by atoms with E-state index in [4.69, 9.17) is 11.6 Å². The molecule has 2 N–H and O–H groups in total. The second kappa shape index (κ2) is 8.75. The van der Waals surface area contributed by atoms with Crippen LogP contribution in [0.15, 0.2) is 82.8 Å². The van der Waals surface area contributed by atoms with Crippen LogP contribution in [0.1, 0.15) is 15.9 Å². The van der Waals surface area contributed by atoms with E-state index in [2.05, 4.69) is 25.6 Å². The van der Waals surface area contributed by atoms with Gasteiger partial charge in [-0.3, -0.25) is 14.2 Å². The van der Waals surface area contributed by atoms with E-state index in [0.717, 1.165) is 16.3 Å². The molecule has 168 valence electrons. The number of rotatable bonds is 5. The highest BCUT2D eigenvalue weighted by Crippen LogP contribution is 2.21. The molecule has 5 aromatic rings. The number of amides is 1. The second-order valence-corrected chi connectivity index (χ2v) is 7.78. The molecular weight excluding hydrogens is 458 g/mol. The minimum Gasteiger partial charge on any atom is -0.322 e. The summed E-state index contributed by atoms with van der Waals surface area (Å²) < 4.78 is 2.48. The van der Waals surface area contributed by atoms with Gasteiger partial charge in [0.1, 0.15) is 11.9 Å². The lowest BCUT2D eigenvalue weighted by atomic mass is 10.1. The maximum atomic E-state index is 12.9. The lowest BCUT2D eigenvalue weighted by Crippen LogP contribution is -2.39. The van der Waals surface area contributed by atoms with Gasteiger partial charge in [0, 0.05) is 22.5 Å². The Hall–Kier alpha value is -4.57. The van der Waals surface area contributed by atoms with Crippen LogP contribution in [-0.4, -0.2) is 35.3 Å². The molecule has 0 spiro atoms. The maximum absolute atomic E-state index is 12.9. The van der Waals surface area contributed by atoms with Crippen LogP contribution in [-0.2, 0) is 6.54 Å². The molecule has 0 saturated carbocycles. The summed E-state index contributed by atoms with van der Waals surface area (Å²) in [6.45, 7) is -0.0678. The van der Waals surface area contributed by atoms with Crippen LogP contribution in [0.25, 0.3) is 16.9 Å². The van der Waals surface area contributed by atoms with Gasteiger partial charge in [-0.2, -0.15) is 9.61 Å². The number of halogens is 1. The van der Waals surface area contributed by atoms with Gasteiger partial charge in [0.05, 0.1) is 12.2 Å². The first-order valence-corrected chi connectivity index (χ1v) is 10.5. The van der Waals surface area contributed by atoms with Gasteiger partial charge >= 0.3 is 5.69 Å². The molecule has 5 rings (SSSR count). The van der Waals surface area contributed by atoms with Gasteiger partial charge in [-0.15, -0.1) is 10.2 Å². The molecule has 0 aliphatic rings. The van der Waals surface area contributed by atoms with Crippen LogP contribution in [0, 0.1) is 0 Å². The zero-order valence-corrected chi connectivity index (χ0v) is 18.2. The van der Waals surface area contributed by atoms with Crippen LogP contribution >= 0.6 is 11.6 Å². The topological polar surface area (TPSA) is 127 Å². The van der Waals surface area contributed by atoms with Crippen molar-refractivity contribution in [2.75, 3.05) is 5.32 Å². The molecule has 0 saturated heterocycles. The molecule has 0 atom stereocenters. The highest BCUT2D eigenvalue weighted by atomic mass is 35.5. The van der Waals surface area contributed by atoms with E-state index in [1.807, 2.05) is 6.07 Å². The van der Waals surface area contributed by atoms with E-state index < -0.39 is 17.2 Å². The minimum atomic E-state index is -0.725. The lowest BCUT2D eigenvalue weighted by molar-refractivity contribution is 0.102. The second-order valence-electron chi connectivity index (χ2n) is 7.38. The summed E-state index contributed by atoms with van der Waals surface area (Å²) in [5.74, 6) is -0.659. The Morgan fingerprint density at radius 1 is 1.06 bits per heavy atom. The van der Waals surface area contributed by atoms with Gasteiger partial charge in [0.15, 0.2) is 5.65 Å². The number of carbonyl (C=O) groups is 1. The number of fused-ring (bicyclic) bond motifs is 1. The van der Waals surface area contributed by atoms with Crippen molar-refractivity contribution < 1.29 is 4.79 Å². The molecule has 2 aromatic carbocycles. The van der Waals surface area contributed by atoms with Gasteiger partial charge in [0.2, 0.25) is 0 Å². The third-order valence-corrected chi connectivity index (χ3v) is 5.54. The van der Waals surface area contributed by atoms with Crippen LogP contribution in [0.3, 0.4) is 0 Å². The van der Waals surface area contributed by atoms with Gasteiger partial charge in [-0.25, -0.2) is 4.79 Å². The average Bonchev–Trinajstić information content (AvgIpc) is 3.31. The van der Waals surface area contributed by atoms with Crippen molar-refractivity contribution in [2.24, 2.45) is 0 Å². The molecule has 0 bridgehead atoms. The number of nitrogens with zero attached hydrogens (tertiary/aromatic N) is 5. The standard InChI is InChI=1S/C23H16ClN7O3/c24-18-7-2-1-4-15(18)12-30-22(33)17(11-25-23(30)34)21(32)27-16-6-3-5-14(10-16)19-8-9-20-28-26-13-31(20)29-19/h1-11,13H,12H2,(H,25,34)(H,27,32). The summed E-state index contributed by atoms with van der Waals surface area (Å²) in [5, 5.41) is 15.3. The van der Waals surface area contributed by atoms with Gasteiger partial charge in [-0.1, -0.05) is 41.9 Å². The Kier molecular flexibility index (Phi) is 5.48. The Morgan fingerprint density at radius 2 is 1.91 bits per heavy atom. The number of anilines is 1. The van der Waals surface area contributed by atoms with Crippen molar-refractivity contribution in [1.29, 1.82) is 0 Å². The maximum Gasteiger partial charge on any atom is 0.328 e. The number of H-pyrrole nitrogens is 1. The minimum absolute atomic E-state index is 0.0678. The first-order chi connectivity index (χ1) is 16.5. The van der Waals surface area contributed by atoms with Crippen molar-refractivity contribution in [3.63, 3.8) is 0 Å². The van der Waals surface area contributed by atoms with Crippen molar-refractivity contribution in [2.45, 2.75) is 6.54 Å². The summed E-state index contributed by atoms with van der Waals surface area (Å²) in [6, 6.07) is 17.4. The lowest BCUT2D eigenvalue weighted by Gasteiger charge is -2.10. The van der Waals surface area contributed by atoms with E-state index in [1.54, 1.807) is 59.1 Å². The summed E-state index contributed by atoms with van der Waals surface area (Å²) in [5.41, 5.74) is 1.47. The SMILES string of the molecule is O=C(Nc1cccc(-c2ccc3nncn3n2)c1)c1c[nH]c(=O)n(Cc2ccccc2Cl)c1=O. The third kappa shape index (κ3) is 4.09. The van der Waals surface area contributed by atoms with Crippen LogP contribution in [0.5, 0.6) is 0 Å². The smallest absolute Gasteiger partial charge is 0.322 e. The highest BCUT2D eigenvalue weighted by molar-refractivity contribution is 6.31. The number of aromatic amines is 1. The number of hydrogen-bond donors (Lipinski definition) is 2. The molecule has 0 fully saturated rings. The first kappa shape index (κ1) is 21.3. The molecule has 0 aliphatic heterocycles. The predicted molar refractivity (Wildman–Crippen MR) is 126 cm³/mol. The fraction of sp³-hybridized carbons (Fsp3) is 0.0435. The van der Waals surface area contributed by atoms with Crippen LogP contribution in [0.2, 0.25) is 5.02 Å². The van der Waals surface area contributed by atoms with Crippen LogP contribution < -0.4 is 16.6 Å². The molecule has 10 nitrogen and oxygen atoms in total. The van der Waals surface area contributed by atoms with Crippen molar-refractivity contribution >= 4 is 28.8 Å². The molecule has 3 heterocycles. The molecule has 0 unspecified atom stereocenters. The van der Waals surface area contributed by atoms with E-state index in [-0.39, 0.29) is 12.1 Å². The van der Waals surface area contributed by atoms with Crippen molar-refractivity contribution in [3.05, 3.63) is 110 Å². The van der Waals surface area contributed by atoms with E-state index >= 15 is 0 Å². The van der Waals surface area contributed by atoms with E-state index in [0.29, 0.717) is 27.6 Å². The van der Waals surface area contributed by atoms with Gasteiger partial charge < -0.3 is 10.3 Å². The molecule has 0 aliphatic carbocycles. The monoisotopic (exact) mass is 473 g/mol. The molecule has 34 heavy (non-hydrogen) atoms. The third-order valence-electron chi connectivity index (χ3n) is 5.17. The van der Waals surface area contributed by atoms with Gasteiger partial charge in [-0.05, 0) is 35.9 Å². The Morgan fingerprint density at radius 3 is 2.76 bits per heavy atom. The van der Waals surface area contributed by atoms with Crippen molar-refractivity contribution in [3.8, 4) is 11.3 Å². The molecule has 1 amide bonds. The van der Waals surface area contributed by atoms with Crippen LogP contribution in [0.4, 0.5) is 5.69 Å². The Bertz CT molecular complexity index is 1650. The molecule has 0 radical (unpaired) electrons. The van der Waals surface area contributed by atoms with E-state index in [1.165, 1.54) is 6.33 Å². The number of nitrogens with one attached hydrogen (secondary N) is 2.